The summed E-state index contributed by atoms with van der Waals surface area (Å²) in [6.45, 7) is 0.715. The summed E-state index contributed by atoms with van der Waals surface area (Å²) in [7, 11) is 1.26. The van der Waals surface area contributed by atoms with Crippen LogP contribution in [0.15, 0.2) is 24.3 Å². The fourth-order valence-corrected chi connectivity index (χ4v) is 2.24. The number of esters is 1. The lowest BCUT2D eigenvalue weighted by atomic mass is 10.00. The summed E-state index contributed by atoms with van der Waals surface area (Å²) in [5.41, 5.74) is -1.31. The molecule has 0 aliphatic carbocycles. The van der Waals surface area contributed by atoms with Crippen LogP contribution in [0.3, 0.4) is 0 Å². The zero-order chi connectivity index (χ0) is 16.0. The number of methoxy groups -OCH3 is 1. The quantitative estimate of drug-likeness (QED) is 0.302. The van der Waals surface area contributed by atoms with E-state index < -0.39 is 11.6 Å². The minimum Gasteiger partial charge on any atom is -0.494 e. The van der Waals surface area contributed by atoms with Gasteiger partial charge in [0, 0.05) is 11.4 Å². The summed E-state index contributed by atoms with van der Waals surface area (Å²) in [4.78, 5) is 23.4. The second-order valence-corrected chi connectivity index (χ2v) is 5.58. The van der Waals surface area contributed by atoms with E-state index in [1.54, 1.807) is 12.1 Å². The standard InChI is InChI=1S/C16H19ClO5/c1-20-15(19)16(11-22-16)14(18)5-3-2-4-10-21-13-8-6-12(17)7-9-13/h6-9H,2-5,10-11H2,1H3. The van der Waals surface area contributed by atoms with Crippen molar-refractivity contribution in [2.45, 2.75) is 31.3 Å². The third kappa shape index (κ3) is 4.21. The third-order valence-corrected chi connectivity index (χ3v) is 3.78. The molecule has 2 rings (SSSR count). The van der Waals surface area contributed by atoms with Gasteiger partial charge >= 0.3 is 5.97 Å². The number of ether oxygens (including phenoxy) is 3. The summed E-state index contributed by atoms with van der Waals surface area (Å²) in [5, 5.41) is 0.674. The molecule has 1 saturated heterocycles. The van der Waals surface area contributed by atoms with Gasteiger partial charge in [0.1, 0.15) is 5.75 Å². The number of hydrogen-bond acceptors (Lipinski definition) is 5. The minimum atomic E-state index is -1.31. The van der Waals surface area contributed by atoms with Crippen molar-refractivity contribution in [2.24, 2.45) is 0 Å². The average Bonchev–Trinajstić information content (AvgIpc) is 3.33. The fourth-order valence-electron chi connectivity index (χ4n) is 2.12. The Morgan fingerprint density at radius 2 is 1.91 bits per heavy atom. The van der Waals surface area contributed by atoms with Gasteiger partial charge in [0.2, 0.25) is 5.60 Å². The monoisotopic (exact) mass is 326 g/mol. The van der Waals surface area contributed by atoms with E-state index >= 15 is 0 Å². The number of benzene rings is 1. The molecule has 1 aromatic carbocycles. The van der Waals surface area contributed by atoms with E-state index in [2.05, 4.69) is 4.74 Å². The number of unbranched alkanes of at least 4 members (excludes halogenated alkanes) is 2. The largest absolute Gasteiger partial charge is 0.494 e. The number of epoxide rings is 1. The zero-order valence-electron chi connectivity index (χ0n) is 12.5. The number of ketones is 1. The maximum Gasteiger partial charge on any atom is 0.348 e. The lowest BCUT2D eigenvalue weighted by Gasteiger charge is -2.08. The van der Waals surface area contributed by atoms with Gasteiger partial charge in [0.15, 0.2) is 5.78 Å². The molecule has 1 aliphatic heterocycles. The highest BCUT2D eigenvalue weighted by Crippen LogP contribution is 2.31. The number of hydrogen-bond donors (Lipinski definition) is 0. The molecule has 0 saturated carbocycles. The summed E-state index contributed by atoms with van der Waals surface area (Å²) in [6.07, 6.45) is 2.69. The Labute approximate surface area is 134 Å². The molecule has 1 aliphatic rings. The van der Waals surface area contributed by atoms with E-state index in [1.807, 2.05) is 12.1 Å². The third-order valence-electron chi connectivity index (χ3n) is 3.53. The van der Waals surface area contributed by atoms with Gasteiger partial charge in [-0.15, -0.1) is 0 Å². The van der Waals surface area contributed by atoms with E-state index in [0.717, 1.165) is 18.6 Å². The smallest absolute Gasteiger partial charge is 0.348 e. The van der Waals surface area contributed by atoms with Crippen LogP contribution < -0.4 is 4.74 Å². The molecule has 1 unspecified atom stereocenters. The Hall–Kier alpha value is -1.59. The molecule has 1 atom stereocenters. The van der Waals surface area contributed by atoms with Crippen LogP contribution in [0.2, 0.25) is 5.02 Å². The Morgan fingerprint density at radius 1 is 1.23 bits per heavy atom. The highest BCUT2D eigenvalue weighted by molar-refractivity contribution is 6.30. The van der Waals surface area contributed by atoms with Crippen molar-refractivity contribution in [2.75, 3.05) is 20.3 Å². The second kappa shape index (κ2) is 7.61. The van der Waals surface area contributed by atoms with Crippen molar-refractivity contribution in [3.8, 4) is 5.75 Å². The van der Waals surface area contributed by atoms with E-state index in [1.165, 1.54) is 7.11 Å². The maximum atomic E-state index is 11.9. The first kappa shape index (κ1) is 16.8. The number of carbonyl (C=O) groups excluding carboxylic acids is 2. The molecule has 0 radical (unpaired) electrons. The van der Waals surface area contributed by atoms with Crippen LogP contribution in [-0.2, 0) is 19.1 Å². The molecular weight excluding hydrogens is 308 g/mol. The predicted molar refractivity (Wildman–Crippen MR) is 81.1 cm³/mol. The molecule has 0 aromatic heterocycles. The molecule has 120 valence electrons. The number of carbonyl (C=O) groups is 2. The lowest BCUT2D eigenvalue weighted by Crippen LogP contribution is -2.35. The van der Waals surface area contributed by atoms with Crippen molar-refractivity contribution >= 4 is 23.4 Å². The summed E-state index contributed by atoms with van der Waals surface area (Å²) in [6, 6.07) is 7.18. The van der Waals surface area contributed by atoms with Gasteiger partial charge in [-0.3, -0.25) is 4.79 Å². The van der Waals surface area contributed by atoms with Gasteiger partial charge in [-0.25, -0.2) is 4.79 Å². The van der Waals surface area contributed by atoms with Crippen LogP contribution in [0.5, 0.6) is 5.75 Å². The van der Waals surface area contributed by atoms with E-state index in [0.29, 0.717) is 24.5 Å². The Morgan fingerprint density at radius 3 is 2.50 bits per heavy atom. The van der Waals surface area contributed by atoms with Crippen LogP contribution in [-0.4, -0.2) is 37.7 Å². The molecule has 5 nitrogen and oxygen atoms in total. The van der Waals surface area contributed by atoms with Crippen LogP contribution in [0, 0.1) is 0 Å². The zero-order valence-corrected chi connectivity index (χ0v) is 13.2. The van der Waals surface area contributed by atoms with Gasteiger partial charge < -0.3 is 14.2 Å². The van der Waals surface area contributed by atoms with Crippen molar-refractivity contribution in [3.05, 3.63) is 29.3 Å². The molecule has 0 amide bonds. The van der Waals surface area contributed by atoms with Crippen LogP contribution in [0.4, 0.5) is 0 Å². The summed E-state index contributed by atoms with van der Waals surface area (Å²) >= 11 is 5.79. The highest BCUT2D eigenvalue weighted by Gasteiger charge is 2.59. The first-order valence-electron chi connectivity index (χ1n) is 7.22. The van der Waals surface area contributed by atoms with E-state index in [9.17, 15) is 9.59 Å². The van der Waals surface area contributed by atoms with Gasteiger partial charge in [-0.1, -0.05) is 11.6 Å². The van der Waals surface area contributed by atoms with Crippen LogP contribution >= 0.6 is 11.6 Å². The molecule has 1 heterocycles. The Balaban J connectivity index is 1.59. The summed E-state index contributed by atoms with van der Waals surface area (Å²) in [5.74, 6) is -0.0157. The highest BCUT2D eigenvalue weighted by atomic mass is 35.5. The topological polar surface area (TPSA) is 65.1 Å². The van der Waals surface area contributed by atoms with Crippen molar-refractivity contribution < 1.29 is 23.8 Å². The van der Waals surface area contributed by atoms with Crippen molar-refractivity contribution in [1.82, 2.24) is 0 Å². The molecule has 1 fully saturated rings. The van der Waals surface area contributed by atoms with Gasteiger partial charge in [-0.2, -0.15) is 0 Å². The van der Waals surface area contributed by atoms with Crippen molar-refractivity contribution in [1.29, 1.82) is 0 Å². The SMILES string of the molecule is COC(=O)C1(C(=O)CCCCCOc2ccc(Cl)cc2)CO1. The number of Topliss-reactive ketones (excluding diaryl/α,β-unsaturated/α-hetero) is 1. The molecule has 0 spiro atoms. The molecule has 6 heteroatoms. The average molecular weight is 327 g/mol. The van der Waals surface area contributed by atoms with Crippen LogP contribution in [0.25, 0.3) is 0 Å². The molecule has 0 N–H and O–H groups in total. The molecule has 0 bridgehead atoms. The van der Waals surface area contributed by atoms with Gasteiger partial charge in [-0.05, 0) is 43.5 Å². The first-order valence-corrected chi connectivity index (χ1v) is 7.60. The summed E-state index contributed by atoms with van der Waals surface area (Å²) < 4.78 is 15.1. The van der Waals surface area contributed by atoms with Crippen LogP contribution in [0.1, 0.15) is 25.7 Å². The minimum absolute atomic E-state index is 0.137. The first-order chi connectivity index (χ1) is 10.6. The molecule has 22 heavy (non-hydrogen) atoms. The van der Waals surface area contributed by atoms with Gasteiger partial charge in [0.25, 0.3) is 0 Å². The molecule has 1 aromatic rings. The lowest BCUT2D eigenvalue weighted by molar-refractivity contribution is -0.151. The van der Waals surface area contributed by atoms with E-state index in [-0.39, 0.29) is 12.4 Å². The van der Waals surface area contributed by atoms with Crippen molar-refractivity contribution in [3.63, 3.8) is 0 Å². The number of rotatable bonds is 9. The fraction of sp³-hybridized carbons (Fsp3) is 0.500. The maximum absolute atomic E-state index is 11.9. The molecular formula is C16H19ClO5. The Bertz CT molecular complexity index is 522. The second-order valence-electron chi connectivity index (χ2n) is 5.14. The normalized spacial score (nSPS) is 19.5. The van der Waals surface area contributed by atoms with Gasteiger partial charge in [0.05, 0.1) is 20.3 Å². The Kier molecular flexibility index (Phi) is 5.80. The van der Waals surface area contributed by atoms with E-state index in [4.69, 9.17) is 21.1 Å². The number of halogens is 1. The predicted octanol–water partition coefficient (Wildman–Crippen LogP) is 2.79.